The van der Waals surface area contributed by atoms with Gasteiger partial charge in [-0.25, -0.2) is 4.98 Å². The van der Waals surface area contributed by atoms with Crippen molar-refractivity contribution in [1.29, 1.82) is 0 Å². The highest BCUT2D eigenvalue weighted by atomic mass is 16.3. The number of fused-ring (bicyclic) bond motifs is 8. The molecular formula is C57H37N3O. The van der Waals surface area contributed by atoms with E-state index in [0.29, 0.717) is 5.89 Å². The van der Waals surface area contributed by atoms with Crippen molar-refractivity contribution in [2.45, 2.75) is 0 Å². The molecule has 0 aliphatic carbocycles. The maximum atomic E-state index is 6.34. The summed E-state index contributed by atoms with van der Waals surface area (Å²) in [7, 11) is 0. The van der Waals surface area contributed by atoms with Gasteiger partial charge in [0.05, 0.1) is 16.7 Å². The van der Waals surface area contributed by atoms with Crippen LogP contribution in [0.25, 0.3) is 93.8 Å². The van der Waals surface area contributed by atoms with Crippen LogP contribution in [-0.4, -0.2) is 9.55 Å². The Morgan fingerprint density at radius 3 is 1.75 bits per heavy atom. The molecule has 4 nitrogen and oxygen atoms in total. The lowest BCUT2D eigenvalue weighted by Crippen LogP contribution is -2.11. The smallest absolute Gasteiger partial charge is 0.227 e. The molecule has 0 bridgehead atoms. The van der Waals surface area contributed by atoms with E-state index >= 15 is 0 Å². The van der Waals surface area contributed by atoms with E-state index in [4.69, 9.17) is 9.40 Å². The number of aromatic nitrogens is 2. The summed E-state index contributed by atoms with van der Waals surface area (Å²) in [6, 6.07) is 80.0. The molecule has 10 aromatic carbocycles. The van der Waals surface area contributed by atoms with E-state index < -0.39 is 0 Å². The van der Waals surface area contributed by atoms with Gasteiger partial charge in [0.15, 0.2) is 5.58 Å². The fourth-order valence-corrected chi connectivity index (χ4v) is 9.22. The van der Waals surface area contributed by atoms with E-state index in [0.717, 1.165) is 66.9 Å². The van der Waals surface area contributed by atoms with Crippen LogP contribution in [0.15, 0.2) is 229 Å². The minimum absolute atomic E-state index is 0.626. The van der Waals surface area contributed by atoms with Gasteiger partial charge in [-0.3, -0.25) is 0 Å². The second-order valence-electron chi connectivity index (χ2n) is 15.5. The maximum Gasteiger partial charge on any atom is 0.227 e. The summed E-state index contributed by atoms with van der Waals surface area (Å²) in [5, 5.41) is 7.03. The summed E-state index contributed by atoms with van der Waals surface area (Å²) in [5.41, 5.74) is 14.0. The van der Waals surface area contributed by atoms with Crippen LogP contribution in [0.5, 0.6) is 0 Å². The first-order valence-electron chi connectivity index (χ1n) is 20.7. The number of rotatable bonds is 7. The van der Waals surface area contributed by atoms with Crippen molar-refractivity contribution in [2.75, 3.05) is 4.90 Å². The van der Waals surface area contributed by atoms with Gasteiger partial charge in [-0.2, -0.15) is 0 Å². The van der Waals surface area contributed by atoms with E-state index in [1.807, 2.05) is 30.3 Å². The van der Waals surface area contributed by atoms with Gasteiger partial charge < -0.3 is 13.9 Å². The SMILES string of the molecule is c1ccc(-c2nc3c(ccc4c5ccccc5c(-c5ccc(N(c6ccc7c(c6)c6ccccc6n7-c6ccccc6)c6ccccc6-c6ccccc6)cc5)cc43)o2)cc1. The molecule has 0 saturated carbocycles. The highest BCUT2D eigenvalue weighted by Gasteiger charge is 2.21. The molecule has 0 aliphatic rings. The van der Waals surface area contributed by atoms with Gasteiger partial charge in [0.25, 0.3) is 0 Å². The molecule has 0 N–H and O–H groups in total. The van der Waals surface area contributed by atoms with E-state index in [2.05, 4.69) is 204 Å². The molecule has 0 radical (unpaired) electrons. The molecule has 4 heteroatoms. The molecule has 2 heterocycles. The lowest BCUT2D eigenvalue weighted by molar-refractivity contribution is 0.620. The quantitative estimate of drug-likeness (QED) is 0.151. The van der Waals surface area contributed by atoms with Crippen molar-refractivity contribution in [3.05, 3.63) is 224 Å². The van der Waals surface area contributed by atoms with Crippen molar-refractivity contribution in [2.24, 2.45) is 0 Å². The molecule has 0 atom stereocenters. The Kier molecular flexibility index (Phi) is 8.13. The first-order valence-corrected chi connectivity index (χ1v) is 20.7. The Hall–Kier alpha value is -8.21. The van der Waals surface area contributed by atoms with E-state index in [1.54, 1.807) is 0 Å². The highest BCUT2D eigenvalue weighted by Crippen LogP contribution is 2.45. The van der Waals surface area contributed by atoms with Crippen LogP contribution in [0.4, 0.5) is 17.1 Å². The number of benzene rings is 10. The zero-order valence-corrected chi connectivity index (χ0v) is 33.1. The summed E-state index contributed by atoms with van der Waals surface area (Å²) in [5.74, 6) is 0.626. The largest absolute Gasteiger partial charge is 0.436 e. The lowest BCUT2D eigenvalue weighted by atomic mass is 9.92. The third-order valence-electron chi connectivity index (χ3n) is 12.0. The van der Waals surface area contributed by atoms with Gasteiger partial charge >= 0.3 is 0 Å². The van der Waals surface area contributed by atoms with Crippen LogP contribution in [0.3, 0.4) is 0 Å². The van der Waals surface area contributed by atoms with Crippen molar-refractivity contribution < 1.29 is 4.42 Å². The van der Waals surface area contributed by atoms with Crippen LogP contribution < -0.4 is 4.90 Å². The Bertz CT molecular complexity index is 3570. The molecular weight excluding hydrogens is 743 g/mol. The molecule has 0 aliphatic heterocycles. The predicted octanol–water partition coefficient (Wildman–Crippen LogP) is 15.7. The zero-order chi connectivity index (χ0) is 40.3. The van der Waals surface area contributed by atoms with Crippen molar-refractivity contribution in [3.8, 4) is 39.4 Å². The Labute approximate surface area is 352 Å². The van der Waals surface area contributed by atoms with E-state index in [9.17, 15) is 0 Å². The van der Waals surface area contributed by atoms with Crippen molar-refractivity contribution in [3.63, 3.8) is 0 Å². The summed E-state index contributed by atoms with van der Waals surface area (Å²) in [6.45, 7) is 0. The molecule has 12 aromatic rings. The minimum Gasteiger partial charge on any atom is -0.436 e. The number of nitrogens with zero attached hydrogens (tertiary/aromatic N) is 3. The van der Waals surface area contributed by atoms with Gasteiger partial charge in [-0.05, 0) is 118 Å². The predicted molar refractivity (Wildman–Crippen MR) is 254 cm³/mol. The normalized spacial score (nSPS) is 11.6. The summed E-state index contributed by atoms with van der Waals surface area (Å²) in [6.07, 6.45) is 0. The topological polar surface area (TPSA) is 34.2 Å². The zero-order valence-electron chi connectivity index (χ0n) is 33.1. The molecule has 2 aromatic heterocycles. The fraction of sp³-hybridized carbons (Fsp3) is 0. The van der Waals surface area contributed by atoms with Crippen LogP contribution in [0.2, 0.25) is 0 Å². The van der Waals surface area contributed by atoms with Gasteiger partial charge in [0.2, 0.25) is 5.89 Å². The summed E-state index contributed by atoms with van der Waals surface area (Å²) >= 11 is 0. The van der Waals surface area contributed by atoms with Gasteiger partial charge in [-0.1, -0.05) is 140 Å². The highest BCUT2D eigenvalue weighted by molar-refractivity contribution is 6.20. The molecule has 0 spiro atoms. The maximum absolute atomic E-state index is 6.34. The van der Waals surface area contributed by atoms with Crippen LogP contribution in [0.1, 0.15) is 0 Å². The van der Waals surface area contributed by atoms with E-state index in [1.165, 1.54) is 38.1 Å². The molecule has 61 heavy (non-hydrogen) atoms. The van der Waals surface area contributed by atoms with Crippen LogP contribution >= 0.6 is 0 Å². The summed E-state index contributed by atoms with van der Waals surface area (Å²) < 4.78 is 8.71. The monoisotopic (exact) mass is 779 g/mol. The first kappa shape index (κ1) is 34.8. The molecule has 0 amide bonds. The van der Waals surface area contributed by atoms with E-state index in [-0.39, 0.29) is 0 Å². The number of hydrogen-bond donors (Lipinski definition) is 0. The Morgan fingerprint density at radius 2 is 0.967 bits per heavy atom. The van der Waals surface area contributed by atoms with Gasteiger partial charge in [0.1, 0.15) is 5.52 Å². The molecule has 286 valence electrons. The Morgan fingerprint density at radius 1 is 0.377 bits per heavy atom. The average Bonchev–Trinajstić information content (AvgIpc) is 3.93. The number of oxazole rings is 1. The average molecular weight is 780 g/mol. The fourth-order valence-electron chi connectivity index (χ4n) is 9.22. The third-order valence-corrected chi connectivity index (χ3v) is 12.0. The third kappa shape index (κ3) is 5.80. The summed E-state index contributed by atoms with van der Waals surface area (Å²) in [4.78, 5) is 7.48. The van der Waals surface area contributed by atoms with Crippen molar-refractivity contribution in [1.82, 2.24) is 9.55 Å². The molecule has 0 saturated heterocycles. The second-order valence-corrected chi connectivity index (χ2v) is 15.5. The lowest BCUT2D eigenvalue weighted by Gasteiger charge is -2.28. The molecule has 12 rings (SSSR count). The van der Waals surface area contributed by atoms with Crippen LogP contribution in [0, 0.1) is 0 Å². The van der Waals surface area contributed by atoms with Gasteiger partial charge in [0, 0.05) is 44.3 Å². The number of para-hydroxylation sites is 3. The second kappa shape index (κ2) is 14.3. The van der Waals surface area contributed by atoms with Crippen molar-refractivity contribution >= 4 is 71.5 Å². The number of anilines is 3. The number of hydrogen-bond acceptors (Lipinski definition) is 3. The standard InChI is InChI=1S/C57H37N3O/c1-4-16-38(17-5-1)44-22-12-14-26-52(44)59(43-32-34-54-50(36-43)48-25-13-15-27-53(48)60(54)41-20-8-3-9-21-41)42-30-28-39(29-31-42)49-37-51-47(45-23-10-11-24-46(45)49)33-35-55-56(51)58-57(61-55)40-18-6-2-7-19-40/h1-37H. The minimum atomic E-state index is 0.626. The van der Waals surface area contributed by atoms with Crippen LogP contribution in [-0.2, 0) is 0 Å². The van der Waals surface area contributed by atoms with Gasteiger partial charge in [-0.15, -0.1) is 0 Å². The molecule has 0 unspecified atom stereocenters. The Balaban J connectivity index is 1.04. The molecule has 0 fully saturated rings. The first-order chi connectivity index (χ1) is 30.3.